The Hall–Kier alpha value is -2.18. The van der Waals surface area contributed by atoms with Crippen LogP contribution < -0.4 is 10.6 Å². The molecule has 0 unspecified atom stereocenters. The number of hydrogen-bond donors (Lipinski definition) is 3. The molecule has 0 bridgehead atoms. The van der Waals surface area contributed by atoms with Crippen molar-refractivity contribution < 1.29 is 0 Å². The number of aromatic amines is 1. The molecule has 2 aromatic carbocycles. The van der Waals surface area contributed by atoms with E-state index in [1.165, 1.54) is 0 Å². The van der Waals surface area contributed by atoms with E-state index in [4.69, 9.17) is 12.2 Å². The van der Waals surface area contributed by atoms with Crippen LogP contribution in [-0.2, 0) is 0 Å². The largest absolute Gasteiger partial charge is 0.332 e. The van der Waals surface area contributed by atoms with Gasteiger partial charge in [0.25, 0.3) is 0 Å². The summed E-state index contributed by atoms with van der Waals surface area (Å²) in [5.41, 5.74) is 2.89. The number of hydrogen-bond acceptors (Lipinski definition) is 2. The Labute approximate surface area is 142 Å². The smallest absolute Gasteiger partial charge is 0.176 e. The van der Waals surface area contributed by atoms with E-state index < -0.39 is 0 Å². The summed E-state index contributed by atoms with van der Waals surface area (Å²) >= 11 is 8.86. The molecule has 0 fully saturated rings. The van der Waals surface area contributed by atoms with Crippen LogP contribution >= 0.6 is 28.1 Å². The molecule has 0 amide bonds. The van der Waals surface area contributed by atoms with E-state index >= 15 is 0 Å². The molecule has 0 radical (unpaired) electrons. The minimum atomic E-state index is 0.484. The second-order valence-electron chi connectivity index (χ2n) is 4.57. The first-order valence-electron chi connectivity index (χ1n) is 6.66. The Morgan fingerprint density at radius 3 is 2.27 bits per heavy atom. The molecule has 4 nitrogen and oxygen atoms in total. The third-order valence-corrected chi connectivity index (χ3v) is 4.01. The van der Waals surface area contributed by atoms with E-state index in [1.807, 2.05) is 60.7 Å². The van der Waals surface area contributed by atoms with Gasteiger partial charge in [0.05, 0.1) is 10.2 Å². The molecule has 3 aromatic rings. The lowest BCUT2D eigenvalue weighted by molar-refractivity contribution is 1.10. The summed E-state index contributed by atoms with van der Waals surface area (Å²) in [5, 5.41) is 14.0. The molecule has 3 rings (SSSR count). The zero-order valence-corrected chi connectivity index (χ0v) is 13.9. The van der Waals surface area contributed by atoms with Crippen molar-refractivity contribution in [3.8, 4) is 11.3 Å². The van der Waals surface area contributed by atoms with Gasteiger partial charge in [0.1, 0.15) is 0 Å². The Kier molecular flexibility index (Phi) is 4.50. The van der Waals surface area contributed by atoms with E-state index in [-0.39, 0.29) is 0 Å². The third kappa shape index (κ3) is 3.35. The summed E-state index contributed by atoms with van der Waals surface area (Å²) in [5.74, 6) is 0.646. The van der Waals surface area contributed by atoms with E-state index in [1.54, 1.807) is 0 Å². The van der Waals surface area contributed by atoms with Crippen LogP contribution in [-0.4, -0.2) is 15.3 Å². The number of H-pyrrole nitrogens is 1. The maximum absolute atomic E-state index is 5.31. The molecule has 3 N–H and O–H groups in total. The first kappa shape index (κ1) is 14.7. The molecule has 0 aliphatic carbocycles. The number of aromatic nitrogens is 2. The molecule has 0 atom stereocenters. The number of rotatable bonds is 3. The predicted octanol–water partition coefficient (Wildman–Crippen LogP) is 4.65. The maximum Gasteiger partial charge on any atom is 0.176 e. The van der Waals surface area contributed by atoms with Gasteiger partial charge in [0.15, 0.2) is 10.9 Å². The fraction of sp³-hybridized carbons (Fsp3) is 0. The highest BCUT2D eigenvalue weighted by Gasteiger charge is 2.13. The zero-order chi connectivity index (χ0) is 15.4. The number of para-hydroxylation sites is 1. The highest BCUT2D eigenvalue weighted by atomic mass is 79.9. The molecule has 22 heavy (non-hydrogen) atoms. The van der Waals surface area contributed by atoms with Crippen LogP contribution in [0, 0.1) is 0 Å². The van der Waals surface area contributed by atoms with Gasteiger partial charge in [-0.05, 0) is 40.3 Å². The van der Waals surface area contributed by atoms with Crippen LogP contribution in [0.25, 0.3) is 11.3 Å². The van der Waals surface area contributed by atoms with Crippen molar-refractivity contribution in [2.75, 3.05) is 10.6 Å². The second kappa shape index (κ2) is 6.72. The Morgan fingerprint density at radius 1 is 0.955 bits per heavy atom. The Balaban J connectivity index is 1.74. The molecule has 0 aliphatic rings. The van der Waals surface area contributed by atoms with Gasteiger partial charge in [-0.1, -0.05) is 48.5 Å². The van der Waals surface area contributed by atoms with Gasteiger partial charge in [0, 0.05) is 11.3 Å². The van der Waals surface area contributed by atoms with E-state index in [2.05, 4.69) is 36.8 Å². The minimum absolute atomic E-state index is 0.484. The number of nitrogens with zero attached hydrogens (tertiary/aromatic N) is 1. The van der Waals surface area contributed by atoms with Crippen molar-refractivity contribution in [2.24, 2.45) is 0 Å². The second-order valence-corrected chi connectivity index (χ2v) is 5.77. The average Bonchev–Trinajstić information content (AvgIpc) is 2.90. The SMILES string of the molecule is S=C(Nc1ccccc1)Nc1n[nH]c(-c2ccccc2)c1Br. The molecule has 1 heterocycles. The molecule has 110 valence electrons. The number of benzene rings is 2. The van der Waals surface area contributed by atoms with Crippen molar-refractivity contribution >= 4 is 44.8 Å². The summed E-state index contributed by atoms with van der Waals surface area (Å²) in [4.78, 5) is 0. The van der Waals surface area contributed by atoms with E-state index in [0.29, 0.717) is 10.9 Å². The van der Waals surface area contributed by atoms with Crippen LogP contribution in [0.5, 0.6) is 0 Å². The van der Waals surface area contributed by atoms with Gasteiger partial charge in [-0.15, -0.1) is 0 Å². The molecule has 1 aromatic heterocycles. The van der Waals surface area contributed by atoms with Gasteiger partial charge in [0.2, 0.25) is 0 Å². The quantitative estimate of drug-likeness (QED) is 0.585. The lowest BCUT2D eigenvalue weighted by atomic mass is 10.1. The van der Waals surface area contributed by atoms with Crippen molar-refractivity contribution in [1.29, 1.82) is 0 Å². The molecule has 6 heteroatoms. The summed E-state index contributed by atoms with van der Waals surface area (Å²) in [6.45, 7) is 0. The molecular weight excluding hydrogens is 360 g/mol. The van der Waals surface area contributed by atoms with Gasteiger partial charge >= 0.3 is 0 Å². The lowest BCUT2D eigenvalue weighted by Crippen LogP contribution is -2.19. The monoisotopic (exact) mass is 372 g/mol. The first-order chi connectivity index (χ1) is 10.7. The highest BCUT2D eigenvalue weighted by molar-refractivity contribution is 9.10. The highest BCUT2D eigenvalue weighted by Crippen LogP contribution is 2.31. The fourth-order valence-electron chi connectivity index (χ4n) is 2.00. The van der Waals surface area contributed by atoms with Crippen LogP contribution in [0.4, 0.5) is 11.5 Å². The number of anilines is 2. The number of halogens is 1. The van der Waals surface area contributed by atoms with E-state index in [9.17, 15) is 0 Å². The van der Waals surface area contributed by atoms with Crippen LogP contribution in [0.15, 0.2) is 65.1 Å². The third-order valence-electron chi connectivity index (χ3n) is 3.03. The Morgan fingerprint density at radius 2 is 1.59 bits per heavy atom. The van der Waals surface area contributed by atoms with E-state index in [0.717, 1.165) is 21.4 Å². The normalized spacial score (nSPS) is 10.2. The first-order valence-corrected chi connectivity index (χ1v) is 7.86. The van der Waals surface area contributed by atoms with Crippen LogP contribution in [0.3, 0.4) is 0 Å². The summed E-state index contributed by atoms with van der Waals surface area (Å²) in [6, 6.07) is 19.7. The minimum Gasteiger partial charge on any atom is -0.332 e. The molecule has 0 spiro atoms. The molecular formula is C16H13BrN4S. The van der Waals surface area contributed by atoms with Crippen molar-refractivity contribution in [2.45, 2.75) is 0 Å². The number of nitrogens with one attached hydrogen (secondary N) is 3. The molecule has 0 saturated heterocycles. The molecule has 0 saturated carbocycles. The van der Waals surface area contributed by atoms with Gasteiger partial charge < -0.3 is 10.6 Å². The molecule has 0 aliphatic heterocycles. The predicted molar refractivity (Wildman–Crippen MR) is 98.0 cm³/mol. The van der Waals surface area contributed by atoms with Crippen molar-refractivity contribution in [3.63, 3.8) is 0 Å². The summed E-state index contributed by atoms with van der Waals surface area (Å²) in [6.07, 6.45) is 0. The summed E-state index contributed by atoms with van der Waals surface area (Å²) < 4.78 is 0.843. The maximum atomic E-state index is 5.31. The summed E-state index contributed by atoms with van der Waals surface area (Å²) in [7, 11) is 0. The average molecular weight is 373 g/mol. The van der Waals surface area contributed by atoms with Gasteiger partial charge in [-0.25, -0.2) is 0 Å². The zero-order valence-electron chi connectivity index (χ0n) is 11.5. The number of thiocarbonyl (C=S) groups is 1. The fourth-order valence-corrected chi connectivity index (χ4v) is 2.72. The van der Waals surface area contributed by atoms with Crippen molar-refractivity contribution in [3.05, 3.63) is 65.1 Å². The van der Waals surface area contributed by atoms with Crippen LogP contribution in [0.2, 0.25) is 0 Å². The standard InChI is InChI=1S/C16H13BrN4S/c17-13-14(11-7-3-1-4-8-11)20-21-15(13)19-16(22)18-12-9-5-2-6-10-12/h1-10H,(H3,18,19,20,21,22). The van der Waals surface area contributed by atoms with Crippen LogP contribution in [0.1, 0.15) is 0 Å². The lowest BCUT2D eigenvalue weighted by Gasteiger charge is -2.08. The van der Waals surface area contributed by atoms with Gasteiger partial charge in [-0.2, -0.15) is 5.10 Å². The van der Waals surface area contributed by atoms with Crippen molar-refractivity contribution in [1.82, 2.24) is 10.2 Å². The topological polar surface area (TPSA) is 52.7 Å². The Bertz CT molecular complexity index is 771. The van der Waals surface area contributed by atoms with Gasteiger partial charge in [-0.3, -0.25) is 5.10 Å².